The Morgan fingerprint density at radius 1 is 1.31 bits per heavy atom. The number of anilines is 2. The molecule has 1 aromatic carbocycles. The van der Waals surface area contributed by atoms with E-state index in [1.165, 1.54) is 18.2 Å². The van der Waals surface area contributed by atoms with Crippen LogP contribution in [-0.2, 0) is 0 Å². The van der Waals surface area contributed by atoms with E-state index >= 15 is 0 Å². The number of pyridine rings is 2. The fourth-order valence-electron chi connectivity index (χ4n) is 4.68. The normalized spacial score (nSPS) is 17.3. The second-order valence-corrected chi connectivity index (χ2v) is 9.67. The first-order chi connectivity index (χ1) is 17.3. The molecule has 2 aromatic heterocycles. The summed E-state index contributed by atoms with van der Waals surface area (Å²) < 4.78 is 21.0. The number of aromatic hydroxyl groups is 1. The molecule has 0 radical (unpaired) electrons. The van der Waals surface area contributed by atoms with Gasteiger partial charge in [0.05, 0.1) is 23.0 Å². The van der Waals surface area contributed by atoms with Crippen LogP contribution in [0.3, 0.4) is 0 Å². The minimum absolute atomic E-state index is 0.0213. The number of nitrogens with one attached hydrogen (secondary N) is 2. The molecule has 1 saturated heterocycles. The Labute approximate surface area is 213 Å². The van der Waals surface area contributed by atoms with Gasteiger partial charge in [-0.15, -0.1) is 0 Å². The van der Waals surface area contributed by atoms with Crippen LogP contribution in [-0.4, -0.2) is 58.2 Å². The zero-order chi connectivity index (χ0) is 25.6. The number of hydrogen-bond donors (Lipinski definition) is 3. The molecule has 4 heterocycles. The van der Waals surface area contributed by atoms with Gasteiger partial charge in [0.2, 0.25) is 0 Å². The van der Waals surface area contributed by atoms with E-state index in [4.69, 9.17) is 16.3 Å². The second kappa shape index (κ2) is 9.55. The van der Waals surface area contributed by atoms with Gasteiger partial charge in [-0.3, -0.25) is 9.78 Å². The van der Waals surface area contributed by atoms with Crippen LogP contribution >= 0.6 is 11.6 Å². The van der Waals surface area contributed by atoms with Crippen LogP contribution in [0.5, 0.6) is 11.5 Å². The van der Waals surface area contributed by atoms with Gasteiger partial charge in [0, 0.05) is 25.8 Å². The standard InChI is InChI=1S/C26H27ClFN5O3/c1-13(2)21-22(14(3)7-8-30-21)31-25-19-24(36-12-15-11-29-9-10-33(15)26(19)35)20(27)23(32-25)18-16(28)5-4-6-17(18)34/h4-8,13,15,29,34H,9-12H2,1-3H3,(H,31,32)/t15-/m0/s1. The summed E-state index contributed by atoms with van der Waals surface area (Å²) in [6.07, 6.45) is 1.73. The molecule has 0 saturated carbocycles. The van der Waals surface area contributed by atoms with E-state index in [0.29, 0.717) is 25.3 Å². The summed E-state index contributed by atoms with van der Waals surface area (Å²) in [6, 6.07) is 5.63. The molecule has 1 atom stereocenters. The molecule has 0 unspecified atom stereocenters. The molecule has 10 heteroatoms. The maximum absolute atomic E-state index is 14.9. The van der Waals surface area contributed by atoms with E-state index < -0.39 is 5.82 Å². The summed E-state index contributed by atoms with van der Waals surface area (Å²) in [5.74, 6) is -0.941. The molecule has 3 aromatic rings. The quantitative estimate of drug-likeness (QED) is 0.470. The predicted molar refractivity (Wildman–Crippen MR) is 136 cm³/mol. The number of aromatic nitrogens is 2. The highest BCUT2D eigenvalue weighted by atomic mass is 35.5. The van der Waals surface area contributed by atoms with Gasteiger partial charge in [0.1, 0.15) is 40.3 Å². The third-order valence-electron chi connectivity index (χ3n) is 6.55. The highest BCUT2D eigenvalue weighted by molar-refractivity contribution is 6.35. The van der Waals surface area contributed by atoms with E-state index in [-0.39, 0.29) is 63.6 Å². The number of nitrogens with zero attached hydrogens (tertiary/aromatic N) is 3. The maximum atomic E-state index is 14.9. The third kappa shape index (κ3) is 4.12. The molecule has 2 aliphatic heterocycles. The van der Waals surface area contributed by atoms with Crippen LogP contribution in [0.1, 0.15) is 41.4 Å². The molecular formula is C26H27ClFN5O3. The number of halogens is 2. The van der Waals surface area contributed by atoms with E-state index in [9.17, 15) is 14.3 Å². The number of piperazine rings is 1. The Morgan fingerprint density at radius 2 is 2.11 bits per heavy atom. The molecule has 36 heavy (non-hydrogen) atoms. The van der Waals surface area contributed by atoms with Crippen molar-refractivity contribution in [3.63, 3.8) is 0 Å². The molecule has 5 rings (SSSR count). The lowest BCUT2D eigenvalue weighted by Gasteiger charge is -2.34. The highest BCUT2D eigenvalue weighted by Crippen LogP contribution is 2.46. The Morgan fingerprint density at radius 3 is 2.86 bits per heavy atom. The summed E-state index contributed by atoms with van der Waals surface area (Å²) in [5.41, 5.74) is 2.37. The first kappa shape index (κ1) is 24.3. The monoisotopic (exact) mass is 511 g/mol. The van der Waals surface area contributed by atoms with Crippen LogP contribution in [0.25, 0.3) is 11.3 Å². The number of benzene rings is 1. The second-order valence-electron chi connectivity index (χ2n) is 9.30. The van der Waals surface area contributed by atoms with Crippen LogP contribution in [0.4, 0.5) is 15.9 Å². The van der Waals surface area contributed by atoms with Crippen LogP contribution in [0, 0.1) is 12.7 Å². The Kier molecular flexibility index (Phi) is 6.44. The van der Waals surface area contributed by atoms with Crippen molar-refractivity contribution in [2.45, 2.75) is 32.7 Å². The average molecular weight is 512 g/mol. The smallest absolute Gasteiger partial charge is 0.261 e. The van der Waals surface area contributed by atoms with Crippen LogP contribution < -0.4 is 15.4 Å². The minimum Gasteiger partial charge on any atom is -0.507 e. The molecule has 0 aliphatic carbocycles. The van der Waals surface area contributed by atoms with Crippen molar-refractivity contribution in [3.8, 4) is 22.8 Å². The molecule has 3 N–H and O–H groups in total. The van der Waals surface area contributed by atoms with Crippen molar-refractivity contribution in [1.29, 1.82) is 0 Å². The highest BCUT2D eigenvalue weighted by Gasteiger charge is 2.38. The number of phenolic OH excluding ortho intramolecular Hbond substituents is 1. The molecule has 0 bridgehead atoms. The van der Waals surface area contributed by atoms with Crippen molar-refractivity contribution in [3.05, 3.63) is 58.1 Å². The van der Waals surface area contributed by atoms with Gasteiger partial charge in [-0.1, -0.05) is 31.5 Å². The Bertz CT molecular complexity index is 1330. The summed E-state index contributed by atoms with van der Waals surface area (Å²) >= 11 is 6.74. The zero-order valence-corrected chi connectivity index (χ0v) is 21.0. The molecular weight excluding hydrogens is 485 g/mol. The van der Waals surface area contributed by atoms with Crippen molar-refractivity contribution in [2.75, 3.05) is 31.6 Å². The summed E-state index contributed by atoms with van der Waals surface area (Å²) in [5, 5.41) is 17.0. The topological polar surface area (TPSA) is 99.6 Å². The first-order valence-corrected chi connectivity index (χ1v) is 12.2. The Balaban J connectivity index is 1.76. The van der Waals surface area contributed by atoms with E-state index in [1.807, 2.05) is 26.8 Å². The lowest BCUT2D eigenvalue weighted by atomic mass is 10.0. The molecule has 1 fully saturated rings. The number of hydrogen-bond acceptors (Lipinski definition) is 7. The predicted octanol–water partition coefficient (Wildman–Crippen LogP) is 4.62. The number of aryl methyl sites for hydroxylation is 1. The molecule has 8 nitrogen and oxygen atoms in total. The van der Waals surface area contributed by atoms with Gasteiger partial charge in [-0.05, 0) is 36.6 Å². The molecule has 2 aliphatic rings. The number of phenols is 1. The van der Waals surface area contributed by atoms with E-state index in [2.05, 4.69) is 20.6 Å². The SMILES string of the molecule is Cc1ccnc(C(C)C)c1Nc1nc(-c2c(O)cccc2F)c(Cl)c2c1C(=O)N1CCNC[C@H]1CO2. The Hall–Kier alpha value is -3.43. The molecule has 188 valence electrons. The van der Waals surface area contributed by atoms with Crippen LogP contribution in [0.2, 0.25) is 5.02 Å². The van der Waals surface area contributed by atoms with Gasteiger partial charge in [0.25, 0.3) is 5.91 Å². The lowest BCUT2D eigenvalue weighted by molar-refractivity contribution is 0.0607. The number of amides is 1. The molecule has 1 amide bonds. The average Bonchev–Trinajstić information content (AvgIpc) is 3.00. The fourth-order valence-corrected chi connectivity index (χ4v) is 4.96. The number of ether oxygens (including phenoxy) is 1. The van der Waals surface area contributed by atoms with E-state index in [1.54, 1.807) is 11.1 Å². The van der Waals surface area contributed by atoms with Gasteiger partial charge in [0.15, 0.2) is 5.75 Å². The largest absolute Gasteiger partial charge is 0.507 e. The summed E-state index contributed by atoms with van der Waals surface area (Å²) in [4.78, 5) is 24.8. The number of carbonyl (C=O) groups is 1. The zero-order valence-electron chi connectivity index (χ0n) is 20.2. The van der Waals surface area contributed by atoms with Gasteiger partial charge in [-0.25, -0.2) is 9.37 Å². The number of carbonyl (C=O) groups excluding carboxylic acids is 1. The van der Waals surface area contributed by atoms with Crippen LogP contribution in [0.15, 0.2) is 30.5 Å². The van der Waals surface area contributed by atoms with Crippen molar-refractivity contribution in [1.82, 2.24) is 20.2 Å². The molecule has 0 spiro atoms. The first-order valence-electron chi connectivity index (χ1n) is 11.9. The fraction of sp³-hybridized carbons (Fsp3) is 0.346. The summed E-state index contributed by atoms with van der Waals surface area (Å²) in [6.45, 7) is 7.91. The minimum atomic E-state index is -0.697. The van der Waals surface area contributed by atoms with Gasteiger partial charge >= 0.3 is 0 Å². The lowest BCUT2D eigenvalue weighted by Crippen LogP contribution is -2.54. The maximum Gasteiger partial charge on any atom is 0.261 e. The van der Waals surface area contributed by atoms with E-state index in [0.717, 1.165) is 11.3 Å². The summed E-state index contributed by atoms with van der Waals surface area (Å²) in [7, 11) is 0. The van der Waals surface area contributed by atoms with Crippen molar-refractivity contribution >= 4 is 29.0 Å². The van der Waals surface area contributed by atoms with Crippen molar-refractivity contribution in [2.24, 2.45) is 0 Å². The van der Waals surface area contributed by atoms with Gasteiger partial charge in [-0.2, -0.15) is 0 Å². The number of rotatable bonds is 4. The van der Waals surface area contributed by atoms with Crippen molar-refractivity contribution < 1.29 is 19.0 Å². The third-order valence-corrected chi connectivity index (χ3v) is 6.90. The number of fused-ring (bicyclic) bond motifs is 2. The van der Waals surface area contributed by atoms with Gasteiger partial charge < -0.3 is 25.4 Å².